The summed E-state index contributed by atoms with van der Waals surface area (Å²) in [5.41, 5.74) is 0.789. The number of benzene rings is 1. The van der Waals surface area contributed by atoms with Crippen molar-refractivity contribution in [1.82, 2.24) is 14.5 Å². The molecule has 2 heterocycles. The van der Waals surface area contributed by atoms with Gasteiger partial charge in [-0.3, -0.25) is 14.7 Å². The van der Waals surface area contributed by atoms with Gasteiger partial charge in [-0.05, 0) is 25.1 Å². The lowest BCUT2D eigenvalue weighted by Crippen LogP contribution is -1.98. The number of nitrogens with zero attached hydrogens (tertiary/aromatic N) is 4. The molecule has 0 bridgehead atoms. The standard InChI is InChI=1S/C13H10N4O2/c1-9-14-6-7-16(9)13-5-2-10-8-11(17(18)19)3-4-12(10)15-13/h2-8H,1H3. The van der Waals surface area contributed by atoms with Crippen molar-refractivity contribution in [3.05, 3.63) is 58.7 Å². The summed E-state index contributed by atoms with van der Waals surface area (Å²) in [6.07, 6.45) is 3.53. The number of pyridine rings is 1. The largest absolute Gasteiger partial charge is 0.288 e. The highest BCUT2D eigenvalue weighted by Crippen LogP contribution is 2.21. The molecular formula is C13H10N4O2. The Morgan fingerprint density at radius 2 is 2.11 bits per heavy atom. The summed E-state index contributed by atoms with van der Waals surface area (Å²) in [6.45, 7) is 1.89. The van der Waals surface area contributed by atoms with Gasteiger partial charge in [0.25, 0.3) is 5.69 Å². The molecule has 0 saturated carbocycles. The number of hydrogen-bond acceptors (Lipinski definition) is 4. The van der Waals surface area contributed by atoms with E-state index < -0.39 is 4.92 Å². The second kappa shape index (κ2) is 4.16. The number of fused-ring (bicyclic) bond motifs is 1. The third-order valence-corrected chi connectivity index (χ3v) is 2.94. The van der Waals surface area contributed by atoms with Gasteiger partial charge in [0.2, 0.25) is 0 Å². The first-order valence-electron chi connectivity index (χ1n) is 5.71. The summed E-state index contributed by atoms with van der Waals surface area (Å²) < 4.78 is 1.86. The third kappa shape index (κ3) is 1.93. The van der Waals surface area contributed by atoms with Crippen LogP contribution in [0.15, 0.2) is 42.7 Å². The first-order valence-corrected chi connectivity index (χ1v) is 5.71. The Hall–Kier alpha value is -2.76. The number of aromatic nitrogens is 3. The van der Waals surface area contributed by atoms with Gasteiger partial charge in [0.15, 0.2) is 0 Å². The molecule has 6 nitrogen and oxygen atoms in total. The van der Waals surface area contributed by atoms with E-state index in [1.807, 2.05) is 29.8 Å². The third-order valence-electron chi connectivity index (χ3n) is 2.94. The van der Waals surface area contributed by atoms with E-state index in [1.165, 1.54) is 12.1 Å². The molecule has 19 heavy (non-hydrogen) atoms. The number of imidazole rings is 1. The normalized spacial score (nSPS) is 10.8. The number of aryl methyl sites for hydroxylation is 1. The smallest absolute Gasteiger partial charge is 0.270 e. The maximum atomic E-state index is 10.7. The molecule has 0 unspecified atom stereocenters. The van der Waals surface area contributed by atoms with Gasteiger partial charge >= 0.3 is 0 Å². The lowest BCUT2D eigenvalue weighted by Gasteiger charge is -2.05. The first kappa shape index (κ1) is 11.3. The van der Waals surface area contributed by atoms with Gasteiger partial charge in [-0.15, -0.1) is 0 Å². The van der Waals surface area contributed by atoms with Crippen LogP contribution < -0.4 is 0 Å². The van der Waals surface area contributed by atoms with Crippen LogP contribution in [0.25, 0.3) is 16.7 Å². The highest BCUT2D eigenvalue weighted by atomic mass is 16.6. The molecule has 0 aliphatic carbocycles. The molecule has 3 aromatic rings. The Labute approximate surface area is 108 Å². The summed E-state index contributed by atoms with van der Waals surface area (Å²) in [7, 11) is 0. The SMILES string of the molecule is Cc1nccn1-c1ccc2cc([N+](=O)[O-])ccc2n1. The predicted molar refractivity (Wildman–Crippen MR) is 70.3 cm³/mol. The average Bonchev–Trinajstić information content (AvgIpc) is 2.83. The number of hydrogen-bond donors (Lipinski definition) is 0. The minimum atomic E-state index is -0.409. The minimum absolute atomic E-state index is 0.0702. The van der Waals surface area contributed by atoms with Crippen molar-refractivity contribution in [3.8, 4) is 5.82 Å². The molecule has 3 rings (SSSR count). The second-order valence-electron chi connectivity index (χ2n) is 4.15. The molecule has 0 amide bonds. The van der Waals surface area contributed by atoms with Crippen LogP contribution >= 0.6 is 0 Å². The second-order valence-corrected chi connectivity index (χ2v) is 4.15. The minimum Gasteiger partial charge on any atom is -0.288 e. The zero-order valence-electron chi connectivity index (χ0n) is 10.1. The Bertz CT molecular complexity index is 779. The van der Waals surface area contributed by atoms with Crippen molar-refractivity contribution in [2.24, 2.45) is 0 Å². The zero-order valence-corrected chi connectivity index (χ0v) is 10.1. The molecule has 0 aliphatic heterocycles. The van der Waals surface area contributed by atoms with Crippen molar-refractivity contribution >= 4 is 16.6 Å². The maximum Gasteiger partial charge on any atom is 0.270 e. The van der Waals surface area contributed by atoms with Crippen LogP contribution in [0.4, 0.5) is 5.69 Å². The summed E-state index contributed by atoms with van der Waals surface area (Å²) in [4.78, 5) is 18.9. The predicted octanol–water partition coefficient (Wildman–Crippen LogP) is 2.64. The monoisotopic (exact) mass is 254 g/mol. The van der Waals surface area contributed by atoms with Gasteiger partial charge in [0, 0.05) is 29.9 Å². The summed E-state index contributed by atoms with van der Waals surface area (Å²) in [6, 6.07) is 8.28. The maximum absolute atomic E-state index is 10.7. The number of non-ortho nitro benzene ring substituents is 1. The lowest BCUT2D eigenvalue weighted by molar-refractivity contribution is -0.384. The highest BCUT2D eigenvalue weighted by molar-refractivity contribution is 5.81. The van der Waals surface area contributed by atoms with E-state index in [2.05, 4.69) is 9.97 Å². The van der Waals surface area contributed by atoms with Crippen LogP contribution in [0.2, 0.25) is 0 Å². The van der Waals surface area contributed by atoms with Crippen LogP contribution in [-0.4, -0.2) is 19.5 Å². The van der Waals surface area contributed by atoms with Gasteiger partial charge in [-0.2, -0.15) is 0 Å². The quantitative estimate of drug-likeness (QED) is 0.520. The van der Waals surface area contributed by atoms with E-state index in [4.69, 9.17) is 0 Å². The molecule has 6 heteroatoms. The van der Waals surface area contributed by atoms with Crippen LogP contribution in [0, 0.1) is 17.0 Å². The van der Waals surface area contributed by atoms with Gasteiger partial charge in [-0.1, -0.05) is 0 Å². The van der Waals surface area contributed by atoms with E-state index >= 15 is 0 Å². The highest BCUT2D eigenvalue weighted by Gasteiger charge is 2.08. The first-order chi connectivity index (χ1) is 9.15. The van der Waals surface area contributed by atoms with E-state index in [-0.39, 0.29) is 5.69 Å². The zero-order chi connectivity index (χ0) is 13.4. The Morgan fingerprint density at radius 1 is 1.26 bits per heavy atom. The molecule has 0 saturated heterocycles. The summed E-state index contributed by atoms with van der Waals surface area (Å²) in [5.74, 6) is 1.59. The molecule has 94 valence electrons. The number of rotatable bonds is 2. The molecule has 2 aromatic heterocycles. The van der Waals surface area contributed by atoms with Crippen molar-refractivity contribution in [1.29, 1.82) is 0 Å². The van der Waals surface area contributed by atoms with Crippen molar-refractivity contribution in [3.63, 3.8) is 0 Å². The summed E-state index contributed by atoms with van der Waals surface area (Å²) in [5, 5.41) is 11.5. The van der Waals surface area contributed by atoms with Gasteiger partial charge < -0.3 is 0 Å². The van der Waals surface area contributed by atoms with Crippen molar-refractivity contribution in [2.45, 2.75) is 6.92 Å². The number of nitro groups is 1. The molecule has 0 atom stereocenters. The van der Waals surface area contributed by atoms with E-state index in [0.29, 0.717) is 0 Å². The fourth-order valence-electron chi connectivity index (χ4n) is 1.97. The lowest BCUT2D eigenvalue weighted by atomic mass is 10.2. The van der Waals surface area contributed by atoms with Crippen LogP contribution in [0.5, 0.6) is 0 Å². The fourth-order valence-corrected chi connectivity index (χ4v) is 1.97. The van der Waals surface area contributed by atoms with Gasteiger partial charge in [0.1, 0.15) is 11.6 Å². The molecular weight excluding hydrogens is 244 g/mol. The topological polar surface area (TPSA) is 73.8 Å². The van der Waals surface area contributed by atoms with E-state index in [0.717, 1.165) is 22.5 Å². The van der Waals surface area contributed by atoms with Gasteiger partial charge in [0.05, 0.1) is 10.4 Å². The molecule has 0 fully saturated rings. The van der Waals surface area contributed by atoms with E-state index in [9.17, 15) is 10.1 Å². The average molecular weight is 254 g/mol. The molecule has 0 aliphatic rings. The van der Waals surface area contributed by atoms with Crippen molar-refractivity contribution < 1.29 is 4.92 Å². The molecule has 0 N–H and O–H groups in total. The number of nitro benzene ring substituents is 1. The summed E-state index contributed by atoms with van der Waals surface area (Å²) >= 11 is 0. The molecule has 0 radical (unpaired) electrons. The molecule has 0 spiro atoms. The van der Waals surface area contributed by atoms with Crippen LogP contribution in [0.3, 0.4) is 0 Å². The van der Waals surface area contributed by atoms with E-state index in [1.54, 1.807) is 12.3 Å². The van der Waals surface area contributed by atoms with Crippen LogP contribution in [0.1, 0.15) is 5.82 Å². The molecule has 1 aromatic carbocycles. The Kier molecular flexibility index (Phi) is 2.49. The van der Waals surface area contributed by atoms with Crippen LogP contribution in [-0.2, 0) is 0 Å². The van der Waals surface area contributed by atoms with Gasteiger partial charge in [-0.25, -0.2) is 9.97 Å². The van der Waals surface area contributed by atoms with Crippen molar-refractivity contribution in [2.75, 3.05) is 0 Å². The Morgan fingerprint density at radius 3 is 2.79 bits per heavy atom. The fraction of sp³-hybridized carbons (Fsp3) is 0.0769. The Balaban J connectivity index is 2.15.